The highest BCUT2D eigenvalue weighted by Crippen LogP contribution is 2.38. The van der Waals surface area contributed by atoms with Crippen LogP contribution in [-0.4, -0.2) is 35.6 Å². The lowest BCUT2D eigenvalue weighted by Crippen LogP contribution is -2.67. The predicted molar refractivity (Wildman–Crippen MR) is 150 cm³/mol. The molecule has 2 aromatic rings. The standard InChI is InChI=1S/C29H46O3Si2/c1-9-33(10-2,11-3)32-28(24(4)22-30)25(5)23-31-34(29(6,7)8,26-18-14-12-15-19-26)27-20-16-13-17-21-27/h12-22,24-25,28H,9-11,23H2,1-8H3/t24-,25-,28-/m0/s1. The summed E-state index contributed by atoms with van der Waals surface area (Å²) in [5.74, 6) is -0.0485. The van der Waals surface area contributed by atoms with Crippen molar-refractivity contribution >= 4 is 33.3 Å². The molecule has 0 bridgehead atoms. The quantitative estimate of drug-likeness (QED) is 0.236. The number of hydrogen-bond donors (Lipinski definition) is 0. The molecule has 188 valence electrons. The van der Waals surface area contributed by atoms with Crippen LogP contribution in [0.4, 0.5) is 0 Å². The molecule has 0 aromatic heterocycles. The van der Waals surface area contributed by atoms with Gasteiger partial charge in [-0.25, -0.2) is 0 Å². The highest BCUT2D eigenvalue weighted by atomic mass is 28.4. The second kappa shape index (κ2) is 12.4. The molecular formula is C29H46O3Si2. The summed E-state index contributed by atoms with van der Waals surface area (Å²) in [4.78, 5) is 11.9. The van der Waals surface area contributed by atoms with Crippen molar-refractivity contribution in [2.24, 2.45) is 11.8 Å². The molecule has 0 heterocycles. The third-order valence-electron chi connectivity index (χ3n) is 7.59. The Hall–Kier alpha value is -1.54. The van der Waals surface area contributed by atoms with Crippen molar-refractivity contribution in [1.29, 1.82) is 0 Å². The minimum atomic E-state index is -2.62. The van der Waals surface area contributed by atoms with Crippen molar-refractivity contribution in [2.45, 2.75) is 84.7 Å². The molecule has 3 atom stereocenters. The Morgan fingerprint density at radius 3 is 1.62 bits per heavy atom. The van der Waals surface area contributed by atoms with Gasteiger partial charge in [-0.3, -0.25) is 0 Å². The number of benzene rings is 2. The Bertz CT molecular complexity index is 812. The van der Waals surface area contributed by atoms with E-state index in [4.69, 9.17) is 8.85 Å². The van der Waals surface area contributed by atoms with Gasteiger partial charge in [0.2, 0.25) is 0 Å². The van der Waals surface area contributed by atoms with Gasteiger partial charge in [-0.1, -0.05) is 116 Å². The molecule has 5 heteroatoms. The van der Waals surface area contributed by atoms with Crippen molar-refractivity contribution in [3.8, 4) is 0 Å². The van der Waals surface area contributed by atoms with Crippen molar-refractivity contribution < 1.29 is 13.6 Å². The van der Waals surface area contributed by atoms with Crippen molar-refractivity contribution in [3.63, 3.8) is 0 Å². The van der Waals surface area contributed by atoms with Gasteiger partial charge in [0, 0.05) is 18.4 Å². The third-order valence-corrected chi connectivity index (χ3v) is 17.2. The highest BCUT2D eigenvalue weighted by molar-refractivity contribution is 6.99. The van der Waals surface area contributed by atoms with Crippen molar-refractivity contribution in [3.05, 3.63) is 60.7 Å². The Labute approximate surface area is 210 Å². The molecule has 0 unspecified atom stereocenters. The van der Waals surface area contributed by atoms with Crippen LogP contribution in [0.1, 0.15) is 55.4 Å². The zero-order valence-electron chi connectivity index (χ0n) is 22.6. The van der Waals surface area contributed by atoms with E-state index in [2.05, 4.69) is 109 Å². The zero-order valence-corrected chi connectivity index (χ0v) is 24.6. The number of aldehydes is 1. The molecule has 0 spiro atoms. The molecule has 34 heavy (non-hydrogen) atoms. The summed E-state index contributed by atoms with van der Waals surface area (Å²) in [6.07, 6.45) is 0.937. The second-order valence-corrected chi connectivity index (χ2v) is 19.8. The van der Waals surface area contributed by atoms with Crippen LogP contribution < -0.4 is 10.4 Å². The lowest BCUT2D eigenvalue weighted by Gasteiger charge is -2.44. The monoisotopic (exact) mass is 498 g/mol. The molecule has 0 fully saturated rings. The fourth-order valence-corrected chi connectivity index (χ4v) is 12.9. The van der Waals surface area contributed by atoms with Crippen LogP contribution in [-0.2, 0) is 13.6 Å². The minimum absolute atomic E-state index is 0.0726. The van der Waals surface area contributed by atoms with Gasteiger partial charge in [0.15, 0.2) is 8.32 Å². The van der Waals surface area contributed by atoms with Crippen LogP contribution in [0.2, 0.25) is 23.2 Å². The Morgan fingerprint density at radius 1 is 0.824 bits per heavy atom. The first kappa shape index (κ1) is 28.7. The summed E-state index contributed by atoms with van der Waals surface area (Å²) in [5, 5.41) is 2.49. The van der Waals surface area contributed by atoms with E-state index in [1.165, 1.54) is 10.4 Å². The fraction of sp³-hybridized carbons (Fsp3) is 0.552. The predicted octanol–water partition coefficient (Wildman–Crippen LogP) is 6.42. The molecule has 2 rings (SSSR count). The molecule has 0 aliphatic heterocycles. The third kappa shape index (κ3) is 6.17. The molecule has 0 N–H and O–H groups in total. The van der Waals surface area contributed by atoms with E-state index in [0.717, 1.165) is 24.4 Å². The number of carbonyl (C=O) groups excluding carboxylic acids is 1. The maximum Gasteiger partial charge on any atom is 0.261 e. The first-order valence-electron chi connectivity index (χ1n) is 13.0. The maximum atomic E-state index is 11.9. The van der Waals surface area contributed by atoms with Crippen LogP contribution in [0.5, 0.6) is 0 Å². The van der Waals surface area contributed by atoms with E-state index in [-0.39, 0.29) is 23.0 Å². The van der Waals surface area contributed by atoms with Crippen molar-refractivity contribution in [2.75, 3.05) is 6.61 Å². The summed E-state index contributed by atoms with van der Waals surface area (Å²) in [7, 11) is -4.48. The number of carbonyl (C=O) groups is 1. The highest BCUT2D eigenvalue weighted by Gasteiger charge is 2.50. The van der Waals surface area contributed by atoms with Gasteiger partial charge < -0.3 is 13.6 Å². The van der Waals surface area contributed by atoms with Crippen molar-refractivity contribution in [1.82, 2.24) is 0 Å². The topological polar surface area (TPSA) is 35.5 Å². The van der Waals surface area contributed by atoms with E-state index in [0.29, 0.717) is 6.61 Å². The largest absolute Gasteiger partial charge is 0.413 e. The summed E-state index contributed by atoms with van der Waals surface area (Å²) in [5.41, 5.74) is 0. The van der Waals surface area contributed by atoms with E-state index in [1.807, 2.05) is 6.92 Å². The molecule has 0 radical (unpaired) electrons. The van der Waals surface area contributed by atoms with Gasteiger partial charge >= 0.3 is 0 Å². The van der Waals surface area contributed by atoms with Crippen LogP contribution in [0, 0.1) is 11.8 Å². The number of rotatable bonds is 13. The van der Waals surface area contributed by atoms with Gasteiger partial charge in [-0.05, 0) is 33.5 Å². The first-order chi connectivity index (χ1) is 16.1. The molecular weight excluding hydrogens is 452 g/mol. The lowest BCUT2D eigenvalue weighted by molar-refractivity contribution is -0.114. The molecule has 0 aliphatic rings. The van der Waals surface area contributed by atoms with E-state index < -0.39 is 16.6 Å². The molecule has 0 saturated heterocycles. The first-order valence-corrected chi connectivity index (χ1v) is 17.4. The van der Waals surface area contributed by atoms with Gasteiger partial charge in [-0.2, -0.15) is 0 Å². The fourth-order valence-electron chi connectivity index (χ4n) is 5.22. The Balaban J connectivity index is 2.48. The summed E-state index contributed by atoms with van der Waals surface area (Å²) < 4.78 is 14.1. The van der Waals surface area contributed by atoms with Crippen LogP contribution in [0.25, 0.3) is 0 Å². The van der Waals surface area contributed by atoms with Crippen LogP contribution >= 0.6 is 0 Å². The normalized spacial score (nSPS) is 15.5. The van der Waals surface area contributed by atoms with E-state index >= 15 is 0 Å². The maximum absolute atomic E-state index is 11.9. The zero-order chi connectivity index (χ0) is 25.4. The molecule has 3 nitrogen and oxygen atoms in total. The summed E-state index contributed by atoms with van der Waals surface area (Å²) in [6.45, 7) is 18.4. The molecule has 2 aromatic carbocycles. The minimum Gasteiger partial charge on any atom is -0.413 e. The van der Waals surface area contributed by atoms with Gasteiger partial charge in [0.05, 0.1) is 6.10 Å². The van der Waals surface area contributed by atoms with Crippen LogP contribution in [0.3, 0.4) is 0 Å². The Morgan fingerprint density at radius 2 is 1.26 bits per heavy atom. The average Bonchev–Trinajstić information content (AvgIpc) is 2.85. The summed E-state index contributed by atoms with van der Waals surface area (Å²) >= 11 is 0. The van der Waals surface area contributed by atoms with Crippen LogP contribution in [0.15, 0.2) is 60.7 Å². The molecule has 0 aliphatic carbocycles. The Kier molecular flexibility index (Phi) is 10.5. The number of hydrogen-bond acceptors (Lipinski definition) is 3. The molecule has 0 amide bonds. The molecule has 0 saturated carbocycles. The smallest absolute Gasteiger partial charge is 0.261 e. The van der Waals surface area contributed by atoms with Gasteiger partial charge in [0.1, 0.15) is 6.29 Å². The lowest BCUT2D eigenvalue weighted by atomic mass is 9.95. The van der Waals surface area contributed by atoms with Gasteiger partial charge in [0.25, 0.3) is 8.32 Å². The van der Waals surface area contributed by atoms with Gasteiger partial charge in [-0.15, -0.1) is 0 Å². The second-order valence-electron chi connectivity index (χ2n) is 10.8. The SMILES string of the molecule is CC[Si](CC)(CC)O[C@@H]([C@@H](C)C=O)[C@@H](C)CO[Si](c1ccccc1)(c1ccccc1)C(C)(C)C. The average molecular weight is 499 g/mol. The summed E-state index contributed by atoms with van der Waals surface area (Å²) in [6, 6.07) is 24.7. The van der Waals surface area contributed by atoms with E-state index in [9.17, 15) is 4.79 Å². The van der Waals surface area contributed by atoms with E-state index in [1.54, 1.807) is 0 Å².